The Balaban J connectivity index is 1.91. The molecule has 4 nitrogen and oxygen atoms in total. The zero-order chi connectivity index (χ0) is 15.4. The number of carbonyl (C=O) groups excluding carboxylic acids is 1. The number of aliphatic carboxylic acids is 1. The Morgan fingerprint density at radius 3 is 2.52 bits per heavy atom. The van der Waals surface area contributed by atoms with Crippen LogP contribution in [-0.2, 0) is 16.0 Å². The minimum Gasteiger partial charge on any atom is -0.481 e. The predicted octanol–water partition coefficient (Wildman–Crippen LogP) is 3.39. The Morgan fingerprint density at radius 1 is 1.24 bits per heavy atom. The van der Waals surface area contributed by atoms with Gasteiger partial charge in [0, 0.05) is 29.1 Å². The van der Waals surface area contributed by atoms with Gasteiger partial charge in [0.15, 0.2) is 0 Å². The lowest BCUT2D eigenvalue weighted by Gasteiger charge is -2.21. The molecule has 0 bridgehead atoms. The Kier molecular flexibility index (Phi) is 5.48. The van der Waals surface area contributed by atoms with Crippen molar-refractivity contribution in [1.82, 2.24) is 4.90 Å². The largest absolute Gasteiger partial charge is 0.481 e. The molecule has 1 aliphatic carbocycles. The molecule has 1 N–H and O–H groups in total. The SMILES string of the molecule is O=C(O)CCN(C(=O)CCc1ccc(Cl)cc1Cl)C1CC1. The topological polar surface area (TPSA) is 57.6 Å². The van der Waals surface area contributed by atoms with E-state index in [1.165, 1.54) is 0 Å². The number of nitrogens with zero attached hydrogens (tertiary/aromatic N) is 1. The van der Waals surface area contributed by atoms with Gasteiger partial charge < -0.3 is 10.0 Å². The molecule has 21 heavy (non-hydrogen) atoms. The summed E-state index contributed by atoms with van der Waals surface area (Å²) in [6, 6.07) is 5.44. The number of carbonyl (C=O) groups is 2. The number of benzene rings is 1. The maximum atomic E-state index is 12.3. The Labute approximate surface area is 133 Å². The second kappa shape index (κ2) is 7.14. The molecular formula is C15H17Cl2NO3. The molecule has 1 aliphatic rings. The summed E-state index contributed by atoms with van der Waals surface area (Å²) < 4.78 is 0. The van der Waals surface area contributed by atoms with Crippen LogP contribution in [0.4, 0.5) is 0 Å². The highest BCUT2D eigenvalue weighted by atomic mass is 35.5. The first-order chi connectivity index (χ1) is 9.97. The van der Waals surface area contributed by atoms with Crippen molar-refractivity contribution < 1.29 is 14.7 Å². The average Bonchev–Trinajstić information content (AvgIpc) is 3.22. The molecule has 114 valence electrons. The number of carboxylic acids is 1. The lowest BCUT2D eigenvalue weighted by molar-refractivity contribution is -0.138. The van der Waals surface area contributed by atoms with E-state index in [9.17, 15) is 9.59 Å². The highest BCUT2D eigenvalue weighted by molar-refractivity contribution is 6.35. The Morgan fingerprint density at radius 2 is 1.95 bits per heavy atom. The number of hydrogen-bond donors (Lipinski definition) is 1. The van der Waals surface area contributed by atoms with Gasteiger partial charge in [-0.1, -0.05) is 29.3 Å². The second-order valence-electron chi connectivity index (χ2n) is 5.20. The first-order valence-corrected chi connectivity index (χ1v) is 7.68. The average molecular weight is 330 g/mol. The summed E-state index contributed by atoms with van der Waals surface area (Å²) in [4.78, 5) is 24.6. The van der Waals surface area contributed by atoms with Crippen LogP contribution in [0.15, 0.2) is 18.2 Å². The molecule has 0 saturated heterocycles. The van der Waals surface area contributed by atoms with E-state index in [4.69, 9.17) is 28.3 Å². The van der Waals surface area contributed by atoms with Crippen LogP contribution in [0.3, 0.4) is 0 Å². The van der Waals surface area contributed by atoms with Crippen LogP contribution in [0.1, 0.15) is 31.2 Å². The van der Waals surface area contributed by atoms with Crippen LogP contribution >= 0.6 is 23.2 Å². The third-order valence-corrected chi connectivity index (χ3v) is 4.08. The number of hydrogen-bond acceptors (Lipinski definition) is 2. The summed E-state index contributed by atoms with van der Waals surface area (Å²) in [5, 5.41) is 9.87. The van der Waals surface area contributed by atoms with Crippen LogP contribution in [0, 0.1) is 0 Å². The van der Waals surface area contributed by atoms with E-state index in [2.05, 4.69) is 0 Å². The molecule has 0 aromatic heterocycles. The van der Waals surface area contributed by atoms with Crippen molar-refractivity contribution in [3.05, 3.63) is 33.8 Å². The van der Waals surface area contributed by atoms with E-state index in [1.807, 2.05) is 6.07 Å². The molecule has 0 spiro atoms. The first kappa shape index (κ1) is 16.1. The maximum Gasteiger partial charge on any atom is 0.305 e. The Hall–Kier alpha value is -1.26. The molecule has 0 atom stereocenters. The summed E-state index contributed by atoms with van der Waals surface area (Å²) in [5.74, 6) is -0.890. The summed E-state index contributed by atoms with van der Waals surface area (Å²) in [6.45, 7) is 0.285. The molecular weight excluding hydrogens is 313 g/mol. The predicted molar refractivity (Wildman–Crippen MR) is 81.8 cm³/mol. The molecule has 2 rings (SSSR count). The third kappa shape index (κ3) is 4.90. The molecule has 0 aliphatic heterocycles. The fraction of sp³-hybridized carbons (Fsp3) is 0.467. The highest BCUT2D eigenvalue weighted by Crippen LogP contribution is 2.28. The van der Waals surface area contributed by atoms with Gasteiger partial charge in [0.25, 0.3) is 0 Å². The zero-order valence-electron chi connectivity index (χ0n) is 11.5. The minimum atomic E-state index is -0.880. The molecule has 0 heterocycles. The van der Waals surface area contributed by atoms with Gasteiger partial charge in [-0.2, -0.15) is 0 Å². The monoisotopic (exact) mass is 329 g/mol. The highest BCUT2D eigenvalue weighted by Gasteiger charge is 2.32. The van der Waals surface area contributed by atoms with E-state index in [1.54, 1.807) is 17.0 Å². The smallest absolute Gasteiger partial charge is 0.305 e. The van der Waals surface area contributed by atoms with Gasteiger partial charge in [-0.3, -0.25) is 9.59 Å². The van der Waals surface area contributed by atoms with Crippen LogP contribution in [0.5, 0.6) is 0 Å². The van der Waals surface area contributed by atoms with Crippen molar-refractivity contribution in [3.8, 4) is 0 Å². The van der Waals surface area contributed by atoms with Gasteiger partial charge in [-0.15, -0.1) is 0 Å². The molecule has 0 unspecified atom stereocenters. The summed E-state index contributed by atoms with van der Waals surface area (Å²) in [5.41, 5.74) is 0.878. The van der Waals surface area contributed by atoms with Crippen molar-refractivity contribution in [2.75, 3.05) is 6.54 Å². The van der Waals surface area contributed by atoms with E-state index in [0.717, 1.165) is 18.4 Å². The lowest BCUT2D eigenvalue weighted by Crippen LogP contribution is -2.35. The van der Waals surface area contributed by atoms with Crippen LogP contribution < -0.4 is 0 Å². The second-order valence-corrected chi connectivity index (χ2v) is 6.04. The minimum absolute atomic E-state index is 0.00948. The molecule has 1 aromatic rings. The van der Waals surface area contributed by atoms with Crippen molar-refractivity contribution in [2.45, 2.75) is 38.1 Å². The van der Waals surface area contributed by atoms with Gasteiger partial charge >= 0.3 is 5.97 Å². The van der Waals surface area contributed by atoms with Crippen molar-refractivity contribution in [2.24, 2.45) is 0 Å². The molecule has 1 saturated carbocycles. The maximum absolute atomic E-state index is 12.3. The van der Waals surface area contributed by atoms with E-state index in [-0.39, 0.29) is 24.9 Å². The van der Waals surface area contributed by atoms with Gasteiger partial charge in [-0.05, 0) is 37.0 Å². The molecule has 0 radical (unpaired) electrons. The molecule has 1 fully saturated rings. The fourth-order valence-corrected chi connectivity index (χ4v) is 2.73. The molecule has 1 amide bonds. The Bertz CT molecular complexity index is 544. The van der Waals surface area contributed by atoms with E-state index < -0.39 is 5.97 Å². The van der Waals surface area contributed by atoms with E-state index >= 15 is 0 Å². The quantitative estimate of drug-likeness (QED) is 0.834. The van der Waals surface area contributed by atoms with Crippen LogP contribution in [0.2, 0.25) is 10.0 Å². The summed E-state index contributed by atoms with van der Waals surface area (Å²) in [6.07, 6.45) is 2.78. The number of halogens is 2. The van der Waals surface area contributed by atoms with Crippen molar-refractivity contribution in [3.63, 3.8) is 0 Å². The van der Waals surface area contributed by atoms with E-state index in [0.29, 0.717) is 22.9 Å². The van der Waals surface area contributed by atoms with Gasteiger partial charge in [-0.25, -0.2) is 0 Å². The molecule has 1 aromatic carbocycles. The molecule has 6 heteroatoms. The number of carboxylic acid groups (broad SMARTS) is 1. The normalized spacial score (nSPS) is 14.0. The number of amides is 1. The van der Waals surface area contributed by atoms with Crippen LogP contribution in [-0.4, -0.2) is 34.5 Å². The van der Waals surface area contributed by atoms with Gasteiger partial charge in [0.1, 0.15) is 0 Å². The summed E-state index contributed by atoms with van der Waals surface area (Å²) >= 11 is 11.9. The van der Waals surface area contributed by atoms with Crippen molar-refractivity contribution >= 4 is 35.1 Å². The van der Waals surface area contributed by atoms with Gasteiger partial charge in [0.2, 0.25) is 5.91 Å². The summed E-state index contributed by atoms with van der Waals surface area (Å²) in [7, 11) is 0. The third-order valence-electron chi connectivity index (χ3n) is 3.50. The van der Waals surface area contributed by atoms with Crippen molar-refractivity contribution in [1.29, 1.82) is 0 Å². The van der Waals surface area contributed by atoms with Crippen LogP contribution in [0.25, 0.3) is 0 Å². The standard InChI is InChI=1S/C15H17Cl2NO3/c16-11-3-1-10(13(17)9-11)2-6-14(19)18(12-4-5-12)8-7-15(20)21/h1,3,9,12H,2,4-8H2,(H,20,21). The number of rotatable bonds is 7. The lowest BCUT2D eigenvalue weighted by atomic mass is 10.1. The zero-order valence-corrected chi connectivity index (χ0v) is 13.0. The fourth-order valence-electron chi connectivity index (χ4n) is 2.22. The van der Waals surface area contributed by atoms with Gasteiger partial charge in [0.05, 0.1) is 6.42 Å². The first-order valence-electron chi connectivity index (χ1n) is 6.92. The number of aryl methyl sites for hydroxylation is 1.